The fourth-order valence-electron chi connectivity index (χ4n) is 1.72. The van der Waals surface area contributed by atoms with Gasteiger partial charge in [-0.1, -0.05) is 40.0 Å². The maximum atomic E-state index is 11.2. The van der Waals surface area contributed by atoms with Crippen molar-refractivity contribution in [3.63, 3.8) is 0 Å². The number of unbranched alkanes of at least 4 members (excludes halogenated alkanes) is 2. The normalized spacial score (nSPS) is 11.5. The summed E-state index contributed by atoms with van der Waals surface area (Å²) in [6.07, 6.45) is 5.08. The Kier molecular flexibility index (Phi) is 8.26. The Morgan fingerprint density at radius 3 is 2.44 bits per heavy atom. The monoisotopic (exact) mass is 228 g/mol. The van der Waals surface area contributed by atoms with Crippen molar-refractivity contribution in [2.45, 2.75) is 53.4 Å². The van der Waals surface area contributed by atoms with Crippen molar-refractivity contribution in [1.82, 2.24) is 10.6 Å². The Labute approximate surface area is 100 Å². The Hall–Kier alpha value is -0.570. The molecule has 2 N–H and O–H groups in total. The van der Waals surface area contributed by atoms with Crippen molar-refractivity contribution < 1.29 is 4.79 Å². The SMILES string of the molecule is CCCCCC(C)(C)CNCC(=O)NCC. The van der Waals surface area contributed by atoms with E-state index in [9.17, 15) is 4.79 Å². The third-order valence-electron chi connectivity index (χ3n) is 2.72. The molecule has 1 amide bonds. The predicted octanol–water partition coefficient (Wildman–Crippen LogP) is 2.32. The molecule has 0 radical (unpaired) electrons. The molecule has 96 valence electrons. The molecule has 0 rings (SSSR count). The van der Waals surface area contributed by atoms with Crippen LogP contribution in [0.3, 0.4) is 0 Å². The number of hydrogen-bond acceptors (Lipinski definition) is 2. The van der Waals surface area contributed by atoms with E-state index in [2.05, 4.69) is 31.4 Å². The first-order valence-electron chi connectivity index (χ1n) is 6.49. The minimum Gasteiger partial charge on any atom is -0.355 e. The van der Waals surface area contributed by atoms with Crippen LogP contribution in [-0.4, -0.2) is 25.5 Å². The topological polar surface area (TPSA) is 41.1 Å². The third-order valence-corrected chi connectivity index (χ3v) is 2.72. The summed E-state index contributed by atoms with van der Waals surface area (Å²) >= 11 is 0. The molecular formula is C13H28N2O. The minimum atomic E-state index is 0.0897. The molecule has 16 heavy (non-hydrogen) atoms. The van der Waals surface area contributed by atoms with Gasteiger partial charge in [0.2, 0.25) is 5.91 Å². The highest BCUT2D eigenvalue weighted by Crippen LogP contribution is 2.22. The van der Waals surface area contributed by atoms with E-state index in [-0.39, 0.29) is 5.91 Å². The van der Waals surface area contributed by atoms with E-state index in [1.807, 2.05) is 6.92 Å². The Morgan fingerprint density at radius 2 is 1.88 bits per heavy atom. The molecule has 0 aliphatic heterocycles. The maximum Gasteiger partial charge on any atom is 0.233 e. The molecule has 0 aliphatic rings. The lowest BCUT2D eigenvalue weighted by Crippen LogP contribution is -2.38. The van der Waals surface area contributed by atoms with Gasteiger partial charge in [0.1, 0.15) is 0 Å². The number of nitrogens with one attached hydrogen (secondary N) is 2. The van der Waals surface area contributed by atoms with Gasteiger partial charge in [-0.3, -0.25) is 4.79 Å². The molecular weight excluding hydrogens is 200 g/mol. The van der Waals surface area contributed by atoms with E-state index in [0.29, 0.717) is 18.5 Å². The summed E-state index contributed by atoms with van der Waals surface area (Å²) in [5, 5.41) is 6.01. The standard InChI is InChI=1S/C13H28N2O/c1-5-7-8-9-13(3,4)11-14-10-12(16)15-6-2/h14H,5-11H2,1-4H3,(H,15,16). The van der Waals surface area contributed by atoms with Crippen LogP contribution in [-0.2, 0) is 4.79 Å². The minimum absolute atomic E-state index is 0.0897. The van der Waals surface area contributed by atoms with Crippen molar-refractivity contribution in [2.75, 3.05) is 19.6 Å². The second-order valence-electron chi connectivity index (χ2n) is 5.18. The van der Waals surface area contributed by atoms with Gasteiger partial charge >= 0.3 is 0 Å². The van der Waals surface area contributed by atoms with Gasteiger partial charge in [0.25, 0.3) is 0 Å². The zero-order valence-electron chi connectivity index (χ0n) is 11.4. The van der Waals surface area contributed by atoms with Crippen LogP contribution in [0.4, 0.5) is 0 Å². The Bertz CT molecular complexity index is 190. The first-order valence-corrected chi connectivity index (χ1v) is 6.49. The van der Waals surface area contributed by atoms with Crippen LogP contribution in [0, 0.1) is 5.41 Å². The van der Waals surface area contributed by atoms with E-state index in [1.165, 1.54) is 25.7 Å². The number of rotatable bonds is 9. The van der Waals surface area contributed by atoms with Crippen molar-refractivity contribution in [2.24, 2.45) is 5.41 Å². The molecule has 0 bridgehead atoms. The molecule has 0 aromatic carbocycles. The first kappa shape index (κ1) is 15.4. The van der Waals surface area contributed by atoms with Gasteiger partial charge in [-0.05, 0) is 18.8 Å². The lowest BCUT2D eigenvalue weighted by molar-refractivity contribution is -0.120. The van der Waals surface area contributed by atoms with Gasteiger partial charge in [0.15, 0.2) is 0 Å². The van der Waals surface area contributed by atoms with Crippen molar-refractivity contribution in [1.29, 1.82) is 0 Å². The molecule has 0 saturated carbocycles. The van der Waals surface area contributed by atoms with Gasteiger partial charge in [-0.2, -0.15) is 0 Å². The highest BCUT2D eigenvalue weighted by atomic mass is 16.1. The fraction of sp³-hybridized carbons (Fsp3) is 0.923. The summed E-state index contributed by atoms with van der Waals surface area (Å²) in [6, 6.07) is 0. The number of hydrogen-bond donors (Lipinski definition) is 2. The van der Waals surface area contributed by atoms with Crippen LogP contribution < -0.4 is 10.6 Å². The maximum absolute atomic E-state index is 11.2. The highest BCUT2D eigenvalue weighted by Gasteiger charge is 2.16. The van der Waals surface area contributed by atoms with E-state index in [4.69, 9.17) is 0 Å². The summed E-state index contributed by atoms with van der Waals surface area (Å²) in [4.78, 5) is 11.2. The predicted molar refractivity (Wildman–Crippen MR) is 69.5 cm³/mol. The summed E-state index contributed by atoms with van der Waals surface area (Å²) in [6.45, 7) is 10.7. The summed E-state index contributed by atoms with van der Waals surface area (Å²) in [5.74, 6) is 0.0897. The quantitative estimate of drug-likeness (QED) is 0.595. The summed E-state index contributed by atoms with van der Waals surface area (Å²) < 4.78 is 0. The molecule has 0 spiro atoms. The van der Waals surface area contributed by atoms with Gasteiger partial charge in [0, 0.05) is 13.1 Å². The molecule has 0 fully saturated rings. The molecule has 0 aromatic heterocycles. The van der Waals surface area contributed by atoms with Gasteiger partial charge in [-0.15, -0.1) is 0 Å². The van der Waals surface area contributed by atoms with Crippen LogP contribution in [0.5, 0.6) is 0 Å². The fourth-order valence-corrected chi connectivity index (χ4v) is 1.72. The van der Waals surface area contributed by atoms with Crippen LogP contribution >= 0.6 is 0 Å². The summed E-state index contributed by atoms with van der Waals surface area (Å²) in [5.41, 5.74) is 0.293. The molecule has 0 aliphatic carbocycles. The third kappa shape index (κ3) is 8.72. The van der Waals surface area contributed by atoms with Crippen LogP contribution in [0.25, 0.3) is 0 Å². The molecule has 3 heteroatoms. The van der Waals surface area contributed by atoms with Gasteiger partial charge in [0.05, 0.1) is 6.54 Å². The van der Waals surface area contributed by atoms with Crippen LogP contribution in [0.1, 0.15) is 53.4 Å². The van der Waals surface area contributed by atoms with Gasteiger partial charge < -0.3 is 10.6 Å². The molecule has 0 unspecified atom stereocenters. The molecule has 0 saturated heterocycles. The van der Waals surface area contributed by atoms with Crippen LogP contribution in [0.15, 0.2) is 0 Å². The molecule has 0 aromatic rings. The lowest BCUT2D eigenvalue weighted by Gasteiger charge is -2.24. The Balaban J connectivity index is 3.60. The summed E-state index contributed by atoms with van der Waals surface area (Å²) in [7, 11) is 0. The number of carbonyl (C=O) groups is 1. The smallest absolute Gasteiger partial charge is 0.233 e. The van der Waals surface area contributed by atoms with E-state index in [0.717, 1.165) is 6.54 Å². The highest BCUT2D eigenvalue weighted by molar-refractivity contribution is 5.77. The van der Waals surface area contributed by atoms with E-state index >= 15 is 0 Å². The number of likely N-dealkylation sites (N-methyl/N-ethyl adjacent to an activating group) is 1. The average molecular weight is 228 g/mol. The second kappa shape index (κ2) is 8.57. The van der Waals surface area contributed by atoms with Crippen molar-refractivity contribution >= 4 is 5.91 Å². The number of amides is 1. The largest absolute Gasteiger partial charge is 0.355 e. The van der Waals surface area contributed by atoms with Crippen molar-refractivity contribution in [3.8, 4) is 0 Å². The van der Waals surface area contributed by atoms with Crippen LogP contribution in [0.2, 0.25) is 0 Å². The Morgan fingerprint density at radius 1 is 1.19 bits per heavy atom. The average Bonchev–Trinajstić information content (AvgIpc) is 2.18. The second-order valence-corrected chi connectivity index (χ2v) is 5.18. The van der Waals surface area contributed by atoms with E-state index in [1.54, 1.807) is 0 Å². The molecule has 3 nitrogen and oxygen atoms in total. The number of carbonyl (C=O) groups excluding carboxylic acids is 1. The zero-order valence-corrected chi connectivity index (χ0v) is 11.4. The lowest BCUT2D eigenvalue weighted by atomic mass is 9.87. The first-order chi connectivity index (χ1) is 7.52. The molecule has 0 heterocycles. The van der Waals surface area contributed by atoms with Crippen molar-refractivity contribution in [3.05, 3.63) is 0 Å². The molecule has 0 atom stereocenters. The zero-order chi connectivity index (χ0) is 12.4. The van der Waals surface area contributed by atoms with E-state index < -0.39 is 0 Å². The van der Waals surface area contributed by atoms with Gasteiger partial charge in [-0.25, -0.2) is 0 Å².